The number of rotatable bonds is 6. The third kappa shape index (κ3) is 5.27. The van der Waals surface area contributed by atoms with Crippen LogP contribution in [0.3, 0.4) is 0 Å². The van der Waals surface area contributed by atoms with E-state index in [0.717, 1.165) is 41.0 Å². The fraction of sp³-hybridized carbons (Fsp3) is 0.400. The number of anilines is 2. The van der Waals surface area contributed by atoms with Crippen LogP contribution in [0.25, 0.3) is 0 Å². The number of nitrogens with one attached hydrogen (secondary N) is 1. The molecule has 0 radical (unpaired) electrons. The molecule has 1 N–H and O–H groups in total. The van der Waals surface area contributed by atoms with Crippen LogP contribution in [-0.4, -0.2) is 28.0 Å². The molecule has 34 heavy (non-hydrogen) atoms. The van der Waals surface area contributed by atoms with E-state index in [-0.39, 0.29) is 11.7 Å². The number of hydrogen-bond donors (Lipinski definition) is 1. The molecule has 0 saturated heterocycles. The minimum Gasteiger partial charge on any atom is -0.366 e. The fourth-order valence-electron chi connectivity index (χ4n) is 4.07. The van der Waals surface area contributed by atoms with Gasteiger partial charge in [0.1, 0.15) is 17.5 Å². The average molecular weight is 490 g/mol. The van der Waals surface area contributed by atoms with Gasteiger partial charge in [0, 0.05) is 48.8 Å². The van der Waals surface area contributed by atoms with E-state index in [2.05, 4.69) is 24.1 Å². The molecule has 0 amide bonds. The summed E-state index contributed by atoms with van der Waals surface area (Å²) in [5.41, 5.74) is 2.04. The summed E-state index contributed by atoms with van der Waals surface area (Å²) >= 11 is 6.32. The van der Waals surface area contributed by atoms with Gasteiger partial charge in [0.25, 0.3) is 0 Å². The van der Waals surface area contributed by atoms with Gasteiger partial charge in [-0.2, -0.15) is 13.2 Å². The third-order valence-electron chi connectivity index (χ3n) is 6.21. The van der Waals surface area contributed by atoms with E-state index in [1.165, 1.54) is 12.3 Å². The summed E-state index contributed by atoms with van der Waals surface area (Å²) in [6.45, 7) is 5.43. The van der Waals surface area contributed by atoms with Crippen molar-refractivity contribution in [1.29, 1.82) is 0 Å². The number of fused-ring (bicyclic) bond motifs is 1. The van der Waals surface area contributed by atoms with Crippen LogP contribution in [-0.2, 0) is 25.6 Å². The topological polar surface area (TPSA) is 53.9 Å². The minimum absolute atomic E-state index is 0.0384. The monoisotopic (exact) mass is 489 g/mol. The largest absolute Gasteiger partial charge is 0.419 e. The van der Waals surface area contributed by atoms with Gasteiger partial charge in [-0.3, -0.25) is 0 Å². The Bertz CT molecular complexity index is 1150. The number of pyridine rings is 1. The van der Waals surface area contributed by atoms with Crippen molar-refractivity contribution in [3.05, 3.63) is 75.8 Å². The van der Waals surface area contributed by atoms with Gasteiger partial charge in [-0.1, -0.05) is 43.6 Å². The predicted octanol–water partition coefficient (Wildman–Crippen LogP) is 6.27. The zero-order valence-corrected chi connectivity index (χ0v) is 19.9. The molecule has 1 unspecified atom stereocenters. The predicted molar refractivity (Wildman–Crippen MR) is 128 cm³/mol. The van der Waals surface area contributed by atoms with Crippen LogP contribution in [0.2, 0.25) is 5.02 Å². The number of benzene rings is 1. The first-order valence-corrected chi connectivity index (χ1v) is 11.8. The van der Waals surface area contributed by atoms with Crippen molar-refractivity contribution >= 4 is 23.2 Å². The highest BCUT2D eigenvalue weighted by molar-refractivity contribution is 6.31. The Kier molecular flexibility index (Phi) is 7.26. The van der Waals surface area contributed by atoms with Crippen LogP contribution >= 0.6 is 11.6 Å². The fourth-order valence-corrected chi connectivity index (χ4v) is 4.27. The third-order valence-corrected chi connectivity index (χ3v) is 6.58. The van der Waals surface area contributed by atoms with E-state index in [1.54, 1.807) is 4.90 Å². The second-order valence-corrected chi connectivity index (χ2v) is 8.88. The number of alkyl halides is 3. The maximum absolute atomic E-state index is 13.6. The lowest BCUT2D eigenvalue weighted by Gasteiger charge is -2.24. The van der Waals surface area contributed by atoms with E-state index < -0.39 is 11.7 Å². The molecule has 1 aliphatic rings. The Morgan fingerprint density at radius 1 is 1.09 bits per heavy atom. The first kappa shape index (κ1) is 24.3. The Labute approximate surface area is 202 Å². The second kappa shape index (κ2) is 10.2. The molecule has 4 rings (SSSR count). The van der Waals surface area contributed by atoms with Crippen LogP contribution in [0.4, 0.5) is 24.8 Å². The van der Waals surface area contributed by atoms with Gasteiger partial charge in [0.05, 0.1) is 11.3 Å². The van der Waals surface area contributed by atoms with E-state index in [0.29, 0.717) is 37.5 Å². The van der Waals surface area contributed by atoms with Crippen molar-refractivity contribution in [2.24, 2.45) is 0 Å². The Morgan fingerprint density at radius 2 is 1.85 bits per heavy atom. The Balaban J connectivity index is 1.65. The normalized spacial score (nSPS) is 14.9. The molecule has 3 heterocycles. The highest BCUT2D eigenvalue weighted by Crippen LogP contribution is 2.36. The molecule has 9 heteroatoms. The van der Waals surface area contributed by atoms with E-state index in [9.17, 15) is 13.2 Å². The smallest absolute Gasteiger partial charge is 0.366 e. The maximum atomic E-state index is 13.6. The van der Waals surface area contributed by atoms with Crippen LogP contribution in [0, 0.1) is 0 Å². The van der Waals surface area contributed by atoms with E-state index >= 15 is 0 Å². The first-order valence-electron chi connectivity index (χ1n) is 11.4. The molecule has 0 saturated carbocycles. The standard InChI is InChI=1S/C25H27ClF3N5/c1-3-16(2)22-32-21-11-14-34(24-19(25(27,28)29)8-6-12-30-24)13-10-18(21)23(33-22)31-15-17-7-4-5-9-20(17)26/h4-9,12,16H,3,10-11,13-15H2,1-2H3,(H,31,32,33). The molecular formula is C25H27ClF3N5. The van der Waals surface area contributed by atoms with Gasteiger partial charge in [-0.25, -0.2) is 15.0 Å². The maximum Gasteiger partial charge on any atom is 0.419 e. The average Bonchev–Trinajstić information content (AvgIpc) is 3.05. The summed E-state index contributed by atoms with van der Waals surface area (Å²) in [7, 11) is 0. The van der Waals surface area contributed by atoms with Crippen LogP contribution in [0.1, 0.15) is 54.4 Å². The summed E-state index contributed by atoms with van der Waals surface area (Å²) in [4.78, 5) is 15.4. The van der Waals surface area contributed by atoms with Gasteiger partial charge in [0.15, 0.2) is 0 Å². The van der Waals surface area contributed by atoms with Crippen molar-refractivity contribution in [1.82, 2.24) is 15.0 Å². The van der Waals surface area contributed by atoms with Crippen molar-refractivity contribution < 1.29 is 13.2 Å². The minimum atomic E-state index is -4.46. The molecule has 1 aliphatic heterocycles. The number of nitrogens with zero attached hydrogens (tertiary/aromatic N) is 4. The molecule has 0 aliphatic carbocycles. The highest BCUT2D eigenvalue weighted by atomic mass is 35.5. The number of halogens is 4. The van der Waals surface area contributed by atoms with Gasteiger partial charge in [0.2, 0.25) is 0 Å². The quantitative estimate of drug-likeness (QED) is 0.442. The number of hydrogen-bond acceptors (Lipinski definition) is 5. The van der Waals surface area contributed by atoms with Crippen LogP contribution in [0.5, 0.6) is 0 Å². The van der Waals surface area contributed by atoms with Gasteiger partial charge in [-0.05, 0) is 36.6 Å². The molecule has 0 spiro atoms. The van der Waals surface area contributed by atoms with Crippen LogP contribution < -0.4 is 10.2 Å². The zero-order valence-electron chi connectivity index (χ0n) is 19.2. The van der Waals surface area contributed by atoms with E-state index in [1.807, 2.05) is 24.3 Å². The molecule has 180 valence electrons. The van der Waals surface area contributed by atoms with Gasteiger partial charge < -0.3 is 10.2 Å². The van der Waals surface area contributed by atoms with Crippen molar-refractivity contribution in [2.45, 2.75) is 51.7 Å². The van der Waals surface area contributed by atoms with Gasteiger partial charge in [-0.15, -0.1) is 0 Å². The molecular weight excluding hydrogens is 463 g/mol. The first-order chi connectivity index (χ1) is 16.3. The molecule has 0 bridgehead atoms. The van der Waals surface area contributed by atoms with Crippen molar-refractivity contribution in [2.75, 3.05) is 23.3 Å². The Morgan fingerprint density at radius 3 is 2.59 bits per heavy atom. The Hall–Kier alpha value is -2.87. The zero-order chi connectivity index (χ0) is 24.3. The van der Waals surface area contributed by atoms with E-state index in [4.69, 9.17) is 21.6 Å². The lowest BCUT2D eigenvalue weighted by Crippen LogP contribution is -2.29. The SMILES string of the molecule is CCC(C)c1nc2c(c(NCc3ccccc3Cl)n1)CCN(c1ncccc1C(F)(F)F)CC2. The summed E-state index contributed by atoms with van der Waals surface area (Å²) in [6, 6.07) is 10.00. The molecule has 1 aromatic carbocycles. The van der Waals surface area contributed by atoms with Gasteiger partial charge >= 0.3 is 6.18 Å². The molecule has 1 atom stereocenters. The summed E-state index contributed by atoms with van der Waals surface area (Å²) < 4.78 is 40.8. The molecule has 2 aromatic heterocycles. The molecule has 0 fully saturated rings. The van der Waals surface area contributed by atoms with Crippen LogP contribution in [0.15, 0.2) is 42.6 Å². The lowest BCUT2D eigenvalue weighted by atomic mass is 10.1. The summed E-state index contributed by atoms with van der Waals surface area (Å²) in [6.07, 6.45) is -1.16. The van der Waals surface area contributed by atoms with Crippen molar-refractivity contribution in [3.8, 4) is 0 Å². The lowest BCUT2D eigenvalue weighted by molar-refractivity contribution is -0.137. The summed E-state index contributed by atoms with van der Waals surface area (Å²) in [5, 5.41) is 4.08. The summed E-state index contributed by atoms with van der Waals surface area (Å²) in [5.74, 6) is 1.59. The molecule has 3 aromatic rings. The highest BCUT2D eigenvalue weighted by Gasteiger charge is 2.36. The number of aromatic nitrogens is 3. The second-order valence-electron chi connectivity index (χ2n) is 8.47. The van der Waals surface area contributed by atoms with Crippen molar-refractivity contribution in [3.63, 3.8) is 0 Å². The molecule has 5 nitrogen and oxygen atoms in total.